The SMILES string of the molecule is COc1ccc(S(=O)(=O)Nc2ccc(Nc3nc(C)cc(N4CCCC4)n3)cc2)cc1Cl. The van der Waals surface area contributed by atoms with Crippen molar-refractivity contribution in [3.8, 4) is 5.75 Å². The number of nitrogens with one attached hydrogen (secondary N) is 2. The summed E-state index contributed by atoms with van der Waals surface area (Å²) < 4.78 is 33.0. The highest BCUT2D eigenvalue weighted by molar-refractivity contribution is 7.92. The van der Waals surface area contributed by atoms with E-state index in [9.17, 15) is 8.42 Å². The van der Waals surface area contributed by atoms with Crippen LogP contribution in [-0.2, 0) is 10.0 Å². The largest absolute Gasteiger partial charge is 0.495 e. The van der Waals surface area contributed by atoms with Crippen molar-refractivity contribution in [1.82, 2.24) is 9.97 Å². The molecule has 4 rings (SSSR count). The van der Waals surface area contributed by atoms with Crippen LogP contribution in [0.1, 0.15) is 18.5 Å². The van der Waals surface area contributed by atoms with E-state index in [2.05, 4.69) is 24.9 Å². The Morgan fingerprint density at radius 3 is 2.34 bits per heavy atom. The monoisotopic (exact) mass is 473 g/mol. The summed E-state index contributed by atoms with van der Waals surface area (Å²) in [6.07, 6.45) is 2.35. The first-order valence-corrected chi connectivity index (χ1v) is 12.0. The van der Waals surface area contributed by atoms with Gasteiger partial charge in [0.25, 0.3) is 10.0 Å². The van der Waals surface area contributed by atoms with Gasteiger partial charge in [0.05, 0.1) is 17.0 Å². The minimum Gasteiger partial charge on any atom is -0.495 e. The highest BCUT2D eigenvalue weighted by Crippen LogP contribution is 2.28. The standard InChI is InChI=1S/C22H24ClN5O3S/c1-15-13-21(28-11-3-4-12-28)26-22(24-15)25-16-5-7-17(8-6-16)27-32(29,30)18-9-10-20(31-2)19(23)14-18/h5-10,13-14,27H,3-4,11-12H2,1-2H3,(H,24,25,26). The third-order valence-electron chi connectivity index (χ3n) is 5.10. The molecule has 0 unspecified atom stereocenters. The molecule has 1 saturated heterocycles. The lowest BCUT2D eigenvalue weighted by Gasteiger charge is -2.17. The van der Waals surface area contributed by atoms with Crippen LogP contribution in [-0.4, -0.2) is 38.6 Å². The van der Waals surface area contributed by atoms with Gasteiger partial charge in [-0.2, -0.15) is 4.98 Å². The highest BCUT2D eigenvalue weighted by atomic mass is 35.5. The van der Waals surface area contributed by atoms with E-state index in [1.165, 1.54) is 38.2 Å². The molecule has 0 atom stereocenters. The van der Waals surface area contributed by atoms with Crippen LogP contribution in [0.4, 0.5) is 23.1 Å². The molecule has 2 aromatic carbocycles. The third kappa shape index (κ3) is 5.05. The number of benzene rings is 2. The molecule has 0 saturated carbocycles. The van der Waals surface area contributed by atoms with Crippen molar-refractivity contribution in [2.45, 2.75) is 24.7 Å². The van der Waals surface area contributed by atoms with Gasteiger partial charge in [-0.15, -0.1) is 0 Å². The Balaban J connectivity index is 1.47. The molecule has 168 valence electrons. The van der Waals surface area contributed by atoms with E-state index in [1.54, 1.807) is 24.3 Å². The molecule has 1 aliphatic rings. The number of aromatic nitrogens is 2. The van der Waals surface area contributed by atoms with Crippen LogP contribution < -0.4 is 19.7 Å². The second kappa shape index (κ2) is 9.22. The molecule has 2 N–H and O–H groups in total. The fraction of sp³-hybridized carbons (Fsp3) is 0.273. The number of rotatable bonds is 7. The Kier molecular flexibility index (Phi) is 6.38. The normalized spacial score (nSPS) is 13.8. The number of methoxy groups -OCH3 is 1. The maximum absolute atomic E-state index is 12.7. The summed E-state index contributed by atoms with van der Waals surface area (Å²) in [7, 11) is -2.32. The molecule has 0 spiro atoms. The fourth-order valence-electron chi connectivity index (χ4n) is 3.50. The van der Waals surface area contributed by atoms with Crippen LogP contribution in [0.15, 0.2) is 53.4 Å². The van der Waals surface area contributed by atoms with Gasteiger partial charge in [0.15, 0.2) is 0 Å². The van der Waals surface area contributed by atoms with Crippen LogP contribution >= 0.6 is 11.6 Å². The predicted molar refractivity (Wildman–Crippen MR) is 127 cm³/mol. The number of aryl methyl sites for hydroxylation is 1. The first-order chi connectivity index (χ1) is 15.3. The Bertz CT molecular complexity index is 1210. The Morgan fingerprint density at radius 2 is 1.69 bits per heavy atom. The van der Waals surface area contributed by atoms with Crippen LogP contribution in [0.25, 0.3) is 0 Å². The average molecular weight is 474 g/mol. The quantitative estimate of drug-likeness (QED) is 0.518. The lowest BCUT2D eigenvalue weighted by Crippen LogP contribution is -2.19. The van der Waals surface area contributed by atoms with E-state index >= 15 is 0 Å². The van der Waals surface area contributed by atoms with Gasteiger partial charge in [-0.05, 0) is 62.2 Å². The Hall–Kier alpha value is -3.04. The molecule has 0 bridgehead atoms. The maximum Gasteiger partial charge on any atom is 0.261 e. The van der Waals surface area contributed by atoms with E-state index in [4.69, 9.17) is 16.3 Å². The number of nitrogens with zero attached hydrogens (tertiary/aromatic N) is 3. The minimum absolute atomic E-state index is 0.0492. The van der Waals surface area contributed by atoms with Crippen LogP contribution in [0.3, 0.4) is 0 Å². The molecule has 0 radical (unpaired) electrons. The molecular weight excluding hydrogens is 450 g/mol. The molecule has 1 aliphatic heterocycles. The molecular formula is C22H24ClN5O3S. The Labute approximate surface area is 192 Å². The lowest BCUT2D eigenvalue weighted by molar-refractivity contribution is 0.414. The molecule has 0 amide bonds. The van der Waals surface area contributed by atoms with Gasteiger partial charge in [-0.3, -0.25) is 4.72 Å². The summed E-state index contributed by atoms with van der Waals surface area (Å²) in [5, 5.41) is 3.42. The van der Waals surface area contributed by atoms with Gasteiger partial charge in [0, 0.05) is 36.2 Å². The second-order valence-electron chi connectivity index (χ2n) is 7.49. The van der Waals surface area contributed by atoms with Gasteiger partial charge in [-0.25, -0.2) is 13.4 Å². The summed E-state index contributed by atoms with van der Waals surface area (Å²) in [6, 6.07) is 13.2. The molecule has 32 heavy (non-hydrogen) atoms. The van der Waals surface area contributed by atoms with E-state index < -0.39 is 10.0 Å². The molecule has 3 aromatic rings. The molecule has 0 aliphatic carbocycles. The van der Waals surface area contributed by atoms with Gasteiger partial charge < -0.3 is 15.0 Å². The number of ether oxygens (including phenoxy) is 1. The van der Waals surface area contributed by atoms with Crippen molar-refractivity contribution in [2.75, 3.05) is 35.1 Å². The zero-order valence-corrected chi connectivity index (χ0v) is 19.4. The molecule has 2 heterocycles. The number of hydrogen-bond acceptors (Lipinski definition) is 7. The molecule has 1 aromatic heterocycles. The van der Waals surface area contributed by atoms with Crippen molar-refractivity contribution in [3.05, 3.63) is 59.2 Å². The maximum atomic E-state index is 12.7. The minimum atomic E-state index is -3.79. The van der Waals surface area contributed by atoms with Gasteiger partial charge >= 0.3 is 0 Å². The highest BCUT2D eigenvalue weighted by Gasteiger charge is 2.17. The second-order valence-corrected chi connectivity index (χ2v) is 9.58. The van der Waals surface area contributed by atoms with E-state index in [-0.39, 0.29) is 9.92 Å². The summed E-state index contributed by atoms with van der Waals surface area (Å²) in [4.78, 5) is 11.4. The third-order valence-corrected chi connectivity index (χ3v) is 6.77. The predicted octanol–water partition coefficient (Wildman–Crippen LogP) is 4.59. The van der Waals surface area contributed by atoms with Crippen molar-refractivity contribution in [2.24, 2.45) is 0 Å². The van der Waals surface area contributed by atoms with Crippen molar-refractivity contribution >= 4 is 44.8 Å². The average Bonchev–Trinajstić information content (AvgIpc) is 3.29. The number of hydrogen-bond donors (Lipinski definition) is 2. The molecule has 1 fully saturated rings. The number of halogens is 1. The summed E-state index contributed by atoms with van der Waals surface area (Å²) in [5.74, 6) is 1.83. The van der Waals surface area contributed by atoms with E-state index in [0.29, 0.717) is 17.4 Å². The fourth-order valence-corrected chi connectivity index (χ4v) is 4.90. The molecule has 8 nitrogen and oxygen atoms in total. The van der Waals surface area contributed by atoms with Crippen LogP contribution in [0, 0.1) is 6.92 Å². The topological polar surface area (TPSA) is 96.5 Å². The van der Waals surface area contributed by atoms with Crippen molar-refractivity contribution < 1.29 is 13.2 Å². The van der Waals surface area contributed by atoms with Gasteiger partial charge in [0.2, 0.25) is 5.95 Å². The molecule has 10 heteroatoms. The summed E-state index contributed by atoms with van der Waals surface area (Å²) >= 11 is 6.06. The van der Waals surface area contributed by atoms with Gasteiger partial charge in [-0.1, -0.05) is 11.6 Å². The first-order valence-electron chi connectivity index (χ1n) is 10.2. The van der Waals surface area contributed by atoms with E-state index in [0.717, 1.165) is 30.3 Å². The van der Waals surface area contributed by atoms with Crippen molar-refractivity contribution in [1.29, 1.82) is 0 Å². The lowest BCUT2D eigenvalue weighted by atomic mass is 10.3. The van der Waals surface area contributed by atoms with Crippen molar-refractivity contribution in [3.63, 3.8) is 0 Å². The summed E-state index contributed by atoms with van der Waals surface area (Å²) in [5.41, 5.74) is 2.05. The van der Waals surface area contributed by atoms with Gasteiger partial charge in [0.1, 0.15) is 11.6 Å². The van der Waals surface area contributed by atoms with E-state index in [1.807, 2.05) is 13.0 Å². The first kappa shape index (κ1) is 22.2. The Morgan fingerprint density at radius 1 is 1.00 bits per heavy atom. The number of sulfonamides is 1. The van der Waals surface area contributed by atoms with Crippen LogP contribution in [0.2, 0.25) is 5.02 Å². The summed E-state index contributed by atoms with van der Waals surface area (Å²) in [6.45, 7) is 3.95. The zero-order chi connectivity index (χ0) is 22.7. The number of anilines is 4. The smallest absolute Gasteiger partial charge is 0.261 e. The van der Waals surface area contributed by atoms with Crippen LogP contribution in [0.5, 0.6) is 5.75 Å². The zero-order valence-electron chi connectivity index (χ0n) is 17.8.